The average molecular weight is 363 g/mol. The lowest BCUT2D eigenvalue weighted by atomic mass is 10.2. The van der Waals surface area contributed by atoms with E-state index >= 15 is 0 Å². The topological polar surface area (TPSA) is 67.4 Å². The lowest BCUT2D eigenvalue weighted by molar-refractivity contribution is 0.102. The molecule has 1 saturated heterocycles. The molecular weight excluding hydrogens is 348 g/mol. The molecule has 114 valence electrons. The van der Waals surface area contributed by atoms with Gasteiger partial charge < -0.3 is 15.0 Å². The Morgan fingerprint density at radius 3 is 2.55 bits per heavy atom. The summed E-state index contributed by atoms with van der Waals surface area (Å²) in [5.74, 6) is 0.456. The first-order valence-electron chi connectivity index (χ1n) is 6.94. The van der Waals surface area contributed by atoms with Crippen LogP contribution in [0.3, 0.4) is 0 Å². The number of carbonyl (C=O) groups is 1. The molecule has 0 spiro atoms. The Hall–Kier alpha value is -1.99. The van der Waals surface area contributed by atoms with Gasteiger partial charge in [0.25, 0.3) is 5.91 Å². The Balaban J connectivity index is 1.68. The number of amides is 1. The van der Waals surface area contributed by atoms with Crippen LogP contribution >= 0.6 is 15.9 Å². The van der Waals surface area contributed by atoms with Gasteiger partial charge >= 0.3 is 0 Å². The van der Waals surface area contributed by atoms with Crippen molar-refractivity contribution in [2.75, 3.05) is 36.5 Å². The van der Waals surface area contributed by atoms with Crippen molar-refractivity contribution in [2.45, 2.75) is 0 Å². The highest BCUT2D eigenvalue weighted by Crippen LogP contribution is 2.18. The molecule has 1 aromatic heterocycles. The summed E-state index contributed by atoms with van der Waals surface area (Å²) in [5, 5.41) is 2.79. The highest BCUT2D eigenvalue weighted by atomic mass is 79.9. The zero-order valence-electron chi connectivity index (χ0n) is 11.8. The van der Waals surface area contributed by atoms with E-state index in [4.69, 9.17) is 4.74 Å². The quantitative estimate of drug-likeness (QED) is 0.907. The summed E-state index contributed by atoms with van der Waals surface area (Å²) >= 11 is 3.36. The van der Waals surface area contributed by atoms with Gasteiger partial charge in [0.2, 0.25) is 5.95 Å². The Morgan fingerprint density at radius 1 is 1.18 bits per heavy atom. The second kappa shape index (κ2) is 6.85. The summed E-state index contributed by atoms with van der Waals surface area (Å²) in [6, 6.07) is 7.26. The molecule has 0 radical (unpaired) electrons. The second-order valence-electron chi connectivity index (χ2n) is 4.81. The van der Waals surface area contributed by atoms with Crippen LogP contribution in [0.2, 0.25) is 0 Å². The van der Waals surface area contributed by atoms with E-state index in [0.29, 0.717) is 30.4 Å². The van der Waals surface area contributed by atoms with Gasteiger partial charge in [-0.05, 0) is 28.1 Å². The monoisotopic (exact) mass is 362 g/mol. The van der Waals surface area contributed by atoms with Gasteiger partial charge in [-0.3, -0.25) is 4.79 Å². The molecule has 22 heavy (non-hydrogen) atoms. The SMILES string of the molecule is O=C(Nc1cnc(N2CCOCC2)nc1)c1ccccc1Br. The Kier molecular flexibility index (Phi) is 4.65. The molecule has 2 aromatic rings. The minimum atomic E-state index is -0.199. The molecule has 0 saturated carbocycles. The van der Waals surface area contributed by atoms with Gasteiger partial charge in [-0.15, -0.1) is 0 Å². The molecule has 1 amide bonds. The fourth-order valence-electron chi connectivity index (χ4n) is 2.16. The van der Waals surface area contributed by atoms with Crippen LogP contribution < -0.4 is 10.2 Å². The highest BCUT2D eigenvalue weighted by molar-refractivity contribution is 9.10. The second-order valence-corrected chi connectivity index (χ2v) is 5.66. The third-order valence-corrected chi connectivity index (χ3v) is 4.00. The minimum absolute atomic E-state index is 0.199. The van der Waals surface area contributed by atoms with Crippen molar-refractivity contribution < 1.29 is 9.53 Å². The minimum Gasteiger partial charge on any atom is -0.378 e. The van der Waals surface area contributed by atoms with Crippen LogP contribution in [-0.4, -0.2) is 42.2 Å². The molecule has 1 N–H and O–H groups in total. The molecule has 0 aliphatic carbocycles. The van der Waals surface area contributed by atoms with Crippen molar-refractivity contribution in [3.05, 3.63) is 46.7 Å². The van der Waals surface area contributed by atoms with E-state index in [1.165, 1.54) is 0 Å². The molecular formula is C15H15BrN4O2. The maximum atomic E-state index is 12.2. The molecule has 0 atom stereocenters. The summed E-state index contributed by atoms with van der Waals surface area (Å²) in [7, 11) is 0. The third kappa shape index (κ3) is 3.42. The van der Waals surface area contributed by atoms with Gasteiger partial charge in [0.05, 0.1) is 36.9 Å². The molecule has 7 heteroatoms. The number of hydrogen-bond donors (Lipinski definition) is 1. The van der Waals surface area contributed by atoms with Crippen LogP contribution in [0.5, 0.6) is 0 Å². The zero-order valence-corrected chi connectivity index (χ0v) is 13.4. The van der Waals surface area contributed by atoms with Gasteiger partial charge in [-0.1, -0.05) is 12.1 Å². The largest absolute Gasteiger partial charge is 0.378 e. The molecule has 1 fully saturated rings. The summed E-state index contributed by atoms with van der Waals surface area (Å²) in [4.78, 5) is 22.9. The predicted molar refractivity (Wildman–Crippen MR) is 87.2 cm³/mol. The molecule has 0 bridgehead atoms. The lowest BCUT2D eigenvalue weighted by Crippen LogP contribution is -2.37. The van der Waals surface area contributed by atoms with E-state index in [1.54, 1.807) is 18.5 Å². The first-order valence-corrected chi connectivity index (χ1v) is 7.74. The molecule has 1 aliphatic rings. The van der Waals surface area contributed by atoms with E-state index in [9.17, 15) is 4.79 Å². The number of anilines is 2. The maximum Gasteiger partial charge on any atom is 0.256 e. The Bertz CT molecular complexity index is 657. The van der Waals surface area contributed by atoms with Crippen LogP contribution in [-0.2, 0) is 4.74 Å². The van der Waals surface area contributed by atoms with Gasteiger partial charge in [-0.25, -0.2) is 9.97 Å². The number of morpholine rings is 1. The van der Waals surface area contributed by atoms with Crippen LogP contribution in [0.25, 0.3) is 0 Å². The van der Waals surface area contributed by atoms with Crippen molar-refractivity contribution in [1.82, 2.24) is 9.97 Å². The van der Waals surface area contributed by atoms with Gasteiger partial charge in [0.15, 0.2) is 0 Å². The van der Waals surface area contributed by atoms with Gasteiger partial charge in [-0.2, -0.15) is 0 Å². The number of rotatable bonds is 3. The summed E-state index contributed by atoms with van der Waals surface area (Å²) in [6.45, 7) is 2.93. The van der Waals surface area contributed by atoms with Crippen molar-refractivity contribution in [1.29, 1.82) is 0 Å². The number of carbonyl (C=O) groups excluding carboxylic acids is 1. The summed E-state index contributed by atoms with van der Waals surface area (Å²) in [5.41, 5.74) is 1.14. The number of ether oxygens (including phenoxy) is 1. The smallest absolute Gasteiger partial charge is 0.256 e. The summed E-state index contributed by atoms with van der Waals surface area (Å²) in [6.07, 6.45) is 3.24. The van der Waals surface area contributed by atoms with E-state index in [-0.39, 0.29) is 5.91 Å². The van der Waals surface area contributed by atoms with Crippen molar-refractivity contribution >= 4 is 33.5 Å². The number of hydrogen-bond acceptors (Lipinski definition) is 5. The number of aromatic nitrogens is 2. The normalized spacial score (nSPS) is 14.7. The van der Waals surface area contributed by atoms with Crippen LogP contribution in [0, 0.1) is 0 Å². The number of nitrogens with zero attached hydrogens (tertiary/aromatic N) is 3. The number of halogens is 1. The van der Waals surface area contributed by atoms with Crippen LogP contribution in [0.4, 0.5) is 11.6 Å². The van der Waals surface area contributed by atoms with E-state index in [2.05, 4.69) is 36.1 Å². The molecule has 6 nitrogen and oxygen atoms in total. The molecule has 3 rings (SSSR count). The zero-order chi connectivity index (χ0) is 15.4. The predicted octanol–water partition coefficient (Wildman–Crippen LogP) is 2.33. The lowest BCUT2D eigenvalue weighted by Gasteiger charge is -2.26. The van der Waals surface area contributed by atoms with E-state index in [0.717, 1.165) is 17.6 Å². The Labute approximate surface area is 136 Å². The van der Waals surface area contributed by atoms with Gasteiger partial charge in [0, 0.05) is 17.6 Å². The van der Waals surface area contributed by atoms with Gasteiger partial charge in [0.1, 0.15) is 0 Å². The summed E-state index contributed by atoms with van der Waals surface area (Å²) < 4.78 is 6.05. The standard InChI is InChI=1S/C15H15BrN4O2/c16-13-4-2-1-3-12(13)14(21)19-11-9-17-15(18-10-11)20-5-7-22-8-6-20/h1-4,9-10H,5-8H2,(H,19,21). The molecule has 2 heterocycles. The van der Waals surface area contributed by atoms with E-state index in [1.807, 2.05) is 18.2 Å². The average Bonchev–Trinajstić information content (AvgIpc) is 2.57. The van der Waals surface area contributed by atoms with Crippen molar-refractivity contribution in [3.63, 3.8) is 0 Å². The van der Waals surface area contributed by atoms with Crippen molar-refractivity contribution in [3.8, 4) is 0 Å². The number of benzene rings is 1. The fraction of sp³-hybridized carbons (Fsp3) is 0.267. The first kappa shape index (κ1) is 14.9. The van der Waals surface area contributed by atoms with Crippen molar-refractivity contribution in [2.24, 2.45) is 0 Å². The number of nitrogens with one attached hydrogen (secondary N) is 1. The third-order valence-electron chi connectivity index (χ3n) is 3.31. The van der Waals surface area contributed by atoms with Crippen LogP contribution in [0.15, 0.2) is 41.1 Å². The van der Waals surface area contributed by atoms with Crippen LogP contribution in [0.1, 0.15) is 10.4 Å². The maximum absolute atomic E-state index is 12.2. The molecule has 1 aliphatic heterocycles. The highest BCUT2D eigenvalue weighted by Gasteiger charge is 2.14. The Morgan fingerprint density at radius 2 is 1.86 bits per heavy atom. The molecule has 0 unspecified atom stereocenters. The fourth-order valence-corrected chi connectivity index (χ4v) is 2.62. The molecule has 1 aromatic carbocycles. The first-order chi connectivity index (χ1) is 10.7. The van der Waals surface area contributed by atoms with E-state index < -0.39 is 0 Å².